The summed E-state index contributed by atoms with van der Waals surface area (Å²) in [6, 6.07) is 11.4. The Morgan fingerprint density at radius 2 is 1.94 bits per heavy atom. The summed E-state index contributed by atoms with van der Waals surface area (Å²) in [6.45, 7) is 4.86. The standard InChI is InChI=1S/C23H26FN3O4/c1-15-13-25-9-11-27(15)22(28)17-4-7-21(31-19-8-10-26(14-19)23(29)30)20(12-17)16-2-5-18(24)6-3-16/h2-7,12,15,19,25H,8-11,13-14H2,1H3,(H,29,30)/t15-,19-/m0/s1. The maximum atomic E-state index is 13.5. The van der Waals surface area contributed by atoms with Gasteiger partial charge in [-0.1, -0.05) is 12.1 Å². The van der Waals surface area contributed by atoms with Gasteiger partial charge in [0.25, 0.3) is 5.91 Å². The lowest BCUT2D eigenvalue weighted by Crippen LogP contribution is -2.52. The first kappa shape index (κ1) is 21.1. The molecule has 2 aliphatic rings. The van der Waals surface area contributed by atoms with Gasteiger partial charge < -0.3 is 25.0 Å². The van der Waals surface area contributed by atoms with Crippen LogP contribution in [0.3, 0.4) is 0 Å². The molecule has 0 aliphatic carbocycles. The highest BCUT2D eigenvalue weighted by molar-refractivity contribution is 5.96. The number of piperazine rings is 1. The van der Waals surface area contributed by atoms with Crippen molar-refractivity contribution in [2.75, 3.05) is 32.7 Å². The minimum absolute atomic E-state index is 0.0539. The largest absolute Gasteiger partial charge is 0.488 e. The van der Waals surface area contributed by atoms with Crippen LogP contribution in [0.25, 0.3) is 11.1 Å². The molecule has 2 N–H and O–H groups in total. The topological polar surface area (TPSA) is 82.1 Å². The van der Waals surface area contributed by atoms with Crippen molar-refractivity contribution in [3.8, 4) is 16.9 Å². The van der Waals surface area contributed by atoms with E-state index >= 15 is 0 Å². The highest BCUT2D eigenvalue weighted by Gasteiger charge is 2.29. The molecule has 2 heterocycles. The number of hydrogen-bond acceptors (Lipinski definition) is 4. The van der Waals surface area contributed by atoms with Gasteiger partial charge in [0.1, 0.15) is 17.7 Å². The van der Waals surface area contributed by atoms with Gasteiger partial charge in [0.15, 0.2) is 0 Å². The van der Waals surface area contributed by atoms with Crippen molar-refractivity contribution in [1.82, 2.24) is 15.1 Å². The third-order valence-electron chi connectivity index (χ3n) is 5.85. The number of carboxylic acid groups (broad SMARTS) is 1. The van der Waals surface area contributed by atoms with Gasteiger partial charge in [0.05, 0.1) is 6.54 Å². The predicted molar refractivity (Wildman–Crippen MR) is 114 cm³/mol. The van der Waals surface area contributed by atoms with Crippen molar-refractivity contribution >= 4 is 12.0 Å². The summed E-state index contributed by atoms with van der Waals surface area (Å²) in [6.07, 6.45) is -0.644. The number of nitrogens with zero attached hydrogens (tertiary/aromatic N) is 2. The molecule has 2 saturated heterocycles. The molecule has 7 nitrogen and oxygen atoms in total. The van der Waals surface area contributed by atoms with E-state index in [9.17, 15) is 19.1 Å². The van der Waals surface area contributed by atoms with Gasteiger partial charge in [-0.3, -0.25) is 4.79 Å². The zero-order valence-electron chi connectivity index (χ0n) is 17.4. The molecule has 2 aromatic rings. The second-order valence-electron chi connectivity index (χ2n) is 8.03. The Hall–Kier alpha value is -3.13. The summed E-state index contributed by atoms with van der Waals surface area (Å²) < 4.78 is 19.6. The lowest BCUT2D eigenvalue weighted by Gasteiger charge is -2.34. The van der Waals surface area contributed by atoms with Crippen molar-refractivity contribution in [2.24, 2.45) is 0 Å². The van der Waals surface area contributed by atoms with E-state index in [1.54, 1.807) is 30.3 Å². The van der Waals surface area contributed by atoms with Crippen LogP contribution in [-0.4, -0.2) is 71.8 Å². The summed E-state index contributed by atoms with van der Waals surface area (Å²) in [5, 5.41) is 12.5. The van der Waals surface area contributed by atoms with Gasteiger partial charge in [-0.25, -0.2) is 9.18 Å². The number of nitrogens with one attached hydrogen (secondary N) is 1. The summed E-state index contributed by atoms with van der Waals surface area (Å²) in [7, 11) is 0. The maximum Gasteiger partial charge on any atom is 0.407 e. The van der Waals surface area contributed by atoms with E-state index in [-0.39, 0.29) is 30.4 Å². The first-order valence-corrected chi connectivity index (χ1v) is 10.5. The molecule has 2 fully saturated rings. The number of carbonyl (C=O) groups is 2. The fourth-order valence-corrected chi connectivity index (χ4v) is 4.11. The molecule has 0 spiro atoms. The lowest BCUT2D eigenvalue weighted by atomic mass is 10.0. The first-order chi connectivity index (χ1) is 14.9. The minimum Gasteiger partial charge on any atom is -0.488 e. The molecular weight excluding hydrogens is 401 g/mol. The van der Waals surface area contributed by atoms with Gasteiger partial charge in [-0.15, -0.1) is 0 Å². The molecule has 0 bridgehead atoms. The molecule has 8 heteroatoms. The predicted octanol–water partition coefficient (Wildman–Crippen LogP) is 3.06. The molecule has 4 rings (SSSR count). The zero-order valence-corrected chi connectivity index (χ0v) is 17.4. The number of ether oxygens (including phenoxy) is 1. The maximum absolute atomic E-state index is 13.5. The molecule has 0 unspecified atom stereocenters. The fraction of sp³-hybridized carbons (Fsp3) is 0.391. The Balaban J connectivity index is 1.64. The van der Waals surface area contributed by atoms with Crippen molar-refractivity contribution in [1.29, 1.82) is 0 Å². The Bertz CT molecular complexity index is 966. The van der Waals surface area contributed by atoms with Crippen LogP contribution >= 0.6 is 0 Å². The smallest absolute Gasteiger partial charge is 0.407 e. The number of halogens is 1. The van der Waals surface area contributed by atoms with Crippen molar-refractivity contribution < 1.29 is 23.8 Å². The number of rotatable bonds is 4. The van der Waals surface area contributed by atoms with Gasteiger partial charge in [-0.05, 0) is 42.8 Å². The summed E-state index contributed by atoms with van der Waals surface area (Å²) in [5.41, 5.74) is 1.95. The molecule has 164 valence electrons. The van der Waals surface area contributed by atoms with E-state index in [1.807, 2.05) is 11.8 Å². The minimum atomic E-state index is -0.962. The Morgan fingerprint density at radius 1 is 1.16 bits per heavy atom. The Morgan fingerprint density at radius 3 is 2.61 bits per heavy atom. The van der Waals surface area contributed by atoms with E-state index in [4.69, 9.17) is 4.74 Å². The van der Waals surface area contributed by atoms with Crippen LogP contribution in [0.5, 0.6) is 5.75 Å². The summed E-state index contributed by atoms with van der Waals surface area (Å²) in [5.74, 6) is 0.150. The van der Waals surface area contributed by atoms with E-state index in [1.165, 1.54) is 17.0 Å². The van der Waals surface area contributed by atoms with Crippen LogP contribution in [0.15, 0.2) is 42.5 Å². The lowest BCUT2D eigenvalue weighted by molar-refractivity contribution is 0.0655. The number of carbonyl (C=O) groups excluding carboxylic acids is 1. The average Bonchev–Trinajstić information content (AvgIpc) is 3.23. The summed E-state index contributed by atoms with van der Waals surface area (Å²) in [4.78, 5) is 27.5. The average molecular weight is 427 g/mol. The quantitative estimate of drug-likeness (QED) is 0.784. The van der Waals surface area contributed by atoms with Gasteiger partial charge >= 0.3 is 6.09 Å². The number of benzene rings is 2. The Kier molecular flexibility index (Phi) is 6.08. The van der Waals surface area contributed by atoms with Crippen LogP contribution in [-0.2, 0) is 0 Å². The van der Waals surface area contributed by atoms with E-state index in [2.05, 4.69) is 5.32 Å². The second kappa shape index (κ2) is 8.93. The third kappa shape index (κ3) is 4.64. The fourth-order valence-electron chi connectivity index (χ4n) is 4.11. The number of amides is 2. The van der Waals surface area contributed by atoms with Crippen molar-refractivity contribution in [2.45, 2.75) is 25.5 Å². The third-order valence-corrected chi connectivity index (χ3v) is 5.85. The van der Waals surface area contributed by atoms with E-state index in [0.717, 1.165) is 18.7 Å². The highest BCUT2D eigenvalue weighted by atomic mass is 19.1. The van der Waals surface area contributed by atoms with Crippen LogP contribution < -0.4 is 10.1 Å². The molecule has 2 aliphatic heterocycles. The molecule has 2 amide bonds. The van der Waals surface area contributed by atoms with Gasteiger partial charge in [0, 0.05) is 49.8 Å². The summed E-state index contributed by atoms with van der Waals surface area (Å²) >= 11 is 0. The monoisotopic (exact) mass is 427 g/mol. The van der Waals surface area contributed by atoms with Crippen molar-refractivity contribution in [3.05, 3.63) is 53.8 Å². The Labute approximate surface area is 180 Å². The van der Waals surface area contributed by atoms with Crippen LogP contribution in [0.1, 0.15) is 23.7 Å². The van der Waals surface area contributed by atoms with Gasteiger partial charge in [-0.2, -0.15) is 0 Å². The van der Waals surface area contributed by atoms with Crippen LogP contribution in [0.2, 0.25) is 0 Å². The normalized spacial score (nSPS) is 21.2. The van der Waals surface area contributed by atoms with Crippen molar-refractivity contribution in [3.63, 3.8) is 0 Å². The second-order valence-corrected chi connectivity index (χ2v) is 8.03. The molecule has 31 heavy (non-hydrogen) atoms. The molecular formula is C23H26FN3O4. The van der Waals surface area contributed by atoms with Gasteiger partial charge in [0.2, 0.25) is 0 Å². The van der Waals surface area contributed by atoms with E-state index in [0.29, 0.717) is 36.4 Å². The highest BCUT2D eigenvalue weighted by Crippen LogP contribution is 2.33. The zero-order chi connectivity index (χ0) is 22.0. The van der Waals surface area contributed by atoms with Crippen LogP contribution in [0.4, 0.5) is 9.18 Å². The van der Waals surface area contributed by atoms with Crippen LogP contribution in [0, 0.1) is 5.82 Å². The number of hydrogen-bond donors (Lipinski definition) is 2. The molecule has 0 radical (unpaired) electrons. The first-order valence-electron chi connectivity index (χ1n) is 10.5. The SMILES string of the molecule is C[C@H]1CNCCN1C(=O)c1ccc(O[C@H]2CCN(C(=O)O)C2)c(-c2ccc(F)cc2)c1. The van der Waals surface area contributed by atoms with E-state index < -0.39 is 6.09 Å². The molecule has 2 atom stereocenters. The molecule has 0 saturated carbocycles. The number of likely N-dealkylation sites (tertiary alicyclic amines) is 1. The molecule has 2 aromatic carbocycles. The molecule has 0 aromatic heterocycles.